The van der Waals surface area contributed by atoms with Gasteiger partial charge in [0.1, 0.15) is 0 Å². The van der Waals surface area contributed by atoms with Gasteiger partial charge < -0.3 is 0 Å². The summed E-state index contributed by atoms with van der Waals surface area (Å²) in [5.41, 5.74) is 3.06. The average molecular weight is 351 g/mol. The number of aryl methyl sites for hydroxylation is 1. The number of likely N-dealkylation sites (tertiary alicyclic amines) is 1. The Morgan fingerprint density at radius 2 is 1.75 bits per heavy atom. The third kappa shape index (κ3) is 6.04. The zero-order valence-corrected chi connectivity index (χ0v) is 15.7. The summed E-state index contributed by atoms with van der Waals surface area (Å²) < 4.78 is 27.2. The molecule has 5 heteroatoms. The highest BCUT2D eigenvalue weighted by atomic mass is 32.2. The fourth-order valence-electron chi connectivity index (χ4n) is 3.23. The lowest BCUT2D eigenvalue weighted by atomic mass is 10.0. The second-order valence-electron chi connectivity index (χ2n) is 6.94. The Hall–Kier alpha value is -1.17. The van der Waals surface area contributed by atoms with Crippen LogP contribution in [-0.4, -0.2) is 38.7 Å². The van der Waals surface area contributed by atoms with E-state index in [1.807, 2.05) is 0 Å². The Kier molecular flexibility index (Phi) is 7.02. The van der Waals surface area contributed by atoms with Gasteiger partial charge in [0.2, 0.25) is 10.0 Å². The van der Waals surface area contributed by atoms with E-state index < -0.39 is 10.0 Å². The molecule has 1 N–H and O–H groups in total. The van der Waals surface area contributed by atoms with Gasteiger partial charge in [-0.15, -0.1) is 0 Å². The summed E-state index contributed by atoms with van der Waals surface area (Å²) in [5, 5.41) is 0. The van der Waals surface area contributed by atoms with Crippen LogP contribution in [0.25, 0.3) is 0 Å². The van der Waals surface area contributed by atoms with Crippen molar-refractivity contribution in [2.75, 3.05) is 25.4 Å². The Bertz CT molecular complexity index is 630. The second kappa shape index (κ2) is 8.79. The lowest BCUT2D eigenvalue weighted by molar-refractivity contribution is 0.206. The van der Waals surface area contributed by atoms with Gasteiger partial charge in [0.25, 0.3) is 0 Å². The Morgan fingerprint density at radius 3 is 2.29 bits per heavy atom. The van der Waals surface area contributed by atoms with E-state index in [0.29, 0.717) is 12.1 Å². The molecule has 24 heavy (non-hydrogen) atoms. The summed E-state index contributed by atoms with van der Waals surface area (Å²) in [6, 6.07) is 8.53. The molecule has 1 aromatic carbocycles. The molecule has 1 unspecified atom stereocenters. The maximum Gasteiger partial charge on any atom is 0.215 e. The number of hydrogen-bond acceptors (Lipinski definition) is 3. The molecule has 0 radical (unpaired) electrons. The van der Waals surface area contributed by atoms with E-state index in [1.165, 1.54) is 36.8 Å². The summed E-state index contributed by atoms with van der Waals surface area (Å²) in [7, 11) is -3.32. The van der Waals surface area contributed by atoms with Crippen LogP contribution in [0.15, 0.2) is 36.4 Å². The minimum atomic E-state index is -3.32. The van der Waals surface area contributed by atoms with E-state index >= 15 is 0 Å². The second-order valence-corrected chi connectivity index (χ2v) is 8.75. The zero-order chi connectivity index (χ0) is 17.6. The molecular weight excluding hydrogens is 320 g/mol. The average Bonchev–Trinajstić information content (AvgIpc) is 2.77. The van der Waals surface area contributed by atoms with Gasteiger partial charge in [-0.3, -0.25) is 4.90 Å². The van der Waals surface area contributed by atoms with E-state index in [1.54, 1.807) is 6.92 Å². The van der Waals surface area contributed by atoms with E-state index in [-0.39, 0.29) is 11.8 Å². The number of nitrogens with zero attached hydrogens (tertiary/aromatic N) is 1. The predicted molar refractivity (Wildman–Crippen MR) is 101 cm³/mol. The SMILES string of the molecule is C=C(C)CS(=O)(=O)NCC(c1ccc(C)cc1)N1CCCCCC1. The molecule has 0 spiro atoms. The van der Waals surface area contributed by atoms with E-state index in [4.69, 9.17) is 0 Å². The molecule has 1 heterocycles. The minimum Gasteiger partial charge on any atom is -0.295 e. The first-order valence-electron chi connectivity index (χ1n) is 8.80. The highest BCUT2D eigenvalue weighted by Gasteiger charge is 2.23. The van der Waals surface area contributed by atoms with Crippen molar-refractivity contribution < 1.29 is 8.42 Å². The molecule has 0 saturated carbocycles. The van der Waals surface area contributed by atoms with Gasteiger partial charge in [0, 0.05) is 12.6 Å². The standard InChI is InChI=1S/C19H30N2O2S/c1-16(2)15-24(22,23)20-14-19(18-10-8-17(3)9-11-18)21-12-6-4-5-7-13-21/h8-11,19-20H,1,4-7,12-15H2,2-3H3. The van der Waals surface area contributed by atoms with Gasteiger partial charge in [-0.05, 0) is 45.3 Å². The van der Waals surface area contributed by atoms with E-state index in [9.17, 15) is 8.42 Å². The molecule has 0 aliphatic carbocycles. The van der Waals surface area contributed by atoms with Crippen molar-refractivity contribution in [1.82, 2.24) is 9.62 Å². The molecule has 1 fully saturated rings. The summed E-state index contributed by atoms with van der Waals surface area (Å²) in [6.07, 6.45) is 4.89. The zero-order valence-electron chi connectivity index (χ0n) is 14.9. The van der Waals surface area contributed by atoms with Crippen molar-refractivity contribution in [2.24, 2.45) is 0 Å². The van der Waals surface area contributed by atoms with Crippen LogP contribution < -0.4 is 4.72 Å². The van der Waals surface area contributed by atoms with Gasteiger partial charge in [-0.1, -0.05) is 54.8 Å². The van der Waals surface area contributed by atoms with Crippen molar-refractivity contribution in [3.8, 4) is 0 Å². The normalized spacial score (nSPS) is 18.1. The summed E-state index contributed by atoms with van der Waals surface area (Å²) >= 11 is 0. The van der Waals surface area contributed by atoms with Gasteiger partial charge in [0.05, 0.1) is 5.75 Å². The molecule has 1 aliphatic heterocycles. The van der Waals surface area contributed by atoms with Crippen LogP contribution in [0.1, 0.15) is 49.8 Å². The van der Waals surface area contributed by atoms with Crippen LogP contribution in [0.5, 0.6) is 0 Å². The fourth-order valence-corrected chi connectivity index (χ4v) is 4.40. The number of rotatable bonds is 7. The smallest absolute Gasteiger partial charge is 0.215 e. The molecule has 0 aromatic heterocycles. The molecule has 0 bridgehead atoms. The summed E-state index contributed by atoms with van der Waals surface area (Å²) in [4.78, 5) is 2.43. The monoisotopic (exact) mass is 350 g/mol. The summed E-state index contributed by atoms with van der Waals surface area (Å²) in [6.45, 7) is 9.99. The van der Waals surface area contributed by atoms with Crippen LogP contribution >= 0.6 is 0 Å². The first kappa shape index (κ1) is 19.2. The van der Waals surface area contributed by atoms with Crippen LogP contribution in [0.3, 0.4) is 0 Å². The van der Waals surface area contributed by atoms with Crippen LogP contribution in [0.2, 0.25) is 0 Å². The molecule has 4 nitrogen and oxygen atoms in total. The Labute approximate surface area is 147 Å². The van der Waals surface area contributed by atoms with E-state index in [0.717, 1.165) is 13.1 Å². The lowest BCUT2D eigenvalue weighted by Crippen LogP contribution is -2.39. The van der Waals surface area contributed by atoms with Gasteiger partial charge in [0.15, 0.2) is 0 Å². The van der Waals surface area contributed by atoms with E-state index in [2.05, 4.69) is 47.4 Å². The third-order valence-corrected chi connectivity index (χ3v) is 5.96. The van der Waals surface area contributed by atoms with Crippen molar-refractivity contribution in [2.45, 2.75) is 45.6 Å². The number of sulfonamides is 1. The number of benzene rings is 1. The lowest BCUT2D eigenvalue weighted by Gasteiger charge is -2.31. The Balaban J connectivity index is 2.15. The largest absolute Gasteiger partial charge is 0.295 e. The maximum absolute atomic E-state index is 12.2. The van der Waals surface area contributed by atoms with Gasteiger partial charge in [-0.25, -0.2) is 13.1 Å². The summed E-state index contributed by atoms with van der Waals surface area (Å²) in [5.74, 6) is -0.00633. The van der Waals surface area contributed by atoms with Crippen LogP contribution in [0.4, 0.5) is 0 Å². The molecule has 2 rings (SSSR count). The third-order valence-electron chi connectivity index (χ3n) is 4.48. The van der Waals surface area contributed by atoms with Crippen LogP contribution in [0, 0.1) is 6.92 Å². The minimum absolute atomic E-state index is 0.00633. The topological polar surface area (TPSA) is 49.4 Å². The maximum atomic E-state index is 12.2. The Morgan fingerprint density at radius 1 is 1.17 bits per heavy atom. The number of hydrogen-bond donors (Lipinski definition) is 1. The fraction of sp³-hybridized carbons (Fsp3) is 0.579. The van der Waals surface area contributed by atoms with Gasteiger partial charge >= 0.3 is 0 Å². The molecule has 1 aliphatic rings. The highest BCUT2D eigenvalue weighted by molar-refractivity contribution is 7.89. The molecule has 1 atom stereocenters. The van der Waals surface area contributed by atoms with Crippen molar-refractivity contribution in [3.63, 3.8) is 0 Å². The van der Waals surface area contributed by atoms with Crippen molar-refractivity contribution in [3.05, 3.63) is 47.5 Å². The van der Waals surface area contributed by atoms with Crippen molar-refractivity contribution in [1.29, 1.82) is 0 Å². The molecule has 1 aromatic rings. The first-order chi connectivity index (χ1) is 11.4. The number of nitrogens with one attached hydrogen (secondary N) is 1. The van der Waals surface area contributed by atoms with Crippen molar-refractivity contribution >= 4 is 10.0 Å². The first-order valence-corrected chi connectivity index (χ1v) is 10.4. The molecule has 134 valence electrons. The molecular formula is C19H30N2O2S. The van der Waals surface area contributed by atoms with Crippen LogP contribution in [-0.2, 0) is 10.0 Å². The quantitative estimate of drug-likeness (QED) is 0.767. The predicted octanol–water partition coefficient (Wildman–Crippen LogP) is 3.41. The molecule has 1 saturated heterocycles. The molecule has 0 amide bonds. The van der Waals surface area contributed by atoms with Gasteiger partial charge in [-0.2, -0.15) is 0 Å². The highest BCUT2D eigenvalue weighted by Crippen LogP contribution is 2.24.